The third-order valence-corrected chi connectivity index (χ3v) is 4.02. The molecule has 0 heterocycles. The van der Waals surface area contributed by atoms with Crippen molar-refractivity contribution in [1.29, 1.82) is 21.0 Å². The van der Waals surface area contributed by atoms with Crippen molar-refractivity contribution < 1.29 is 4.74 Å². The number of hydrogen-bond donors (Lipinski definition) is 0. The van der Waals surface area contributed by atoms with Gasteiger partial charge in [0.05, 0.1) is 31.4 Å². The van der Waals surface area contributed by atoms with Gasteiger partial charge in [-0.1, -0.05) is 42.5 Å². The molecule has 0 aliphatic rings. The highest BCUT2D eigenvalue weighted by Crippen LogP contribution is 2.32. The van der Waals surface area contributed by atoms with E-state index < -0.39 is 11.3 Å². The van der Waals surface area contributed by atoms with E-state index in [0.29, 0.717) is 16.9 Å². The first-order valence-corrected chi connectivity index (χ1v) is 7.48. The summed E-state index contributed by atoms with van der Waals surface area (Å²) in [5.41, 5.74) is 0.420. The van der Waals surface area contributed by atoms with Crippen LogP contribution in [-0.4, -0.2) is 7.11 Å². The van der Waals surface area contributed by atoms with Crippen LogP contribution >= 0.6 is 0 Å². The van der Waals surface area contributed by atoms with E-state index >= 15 is 0 Å². The predicted octanol–water partition coefficient (Wildman–Crippen LogP) is 3.35. The Morgan fingerprint density at radius 3 is 2.04 bits per heavy atom. The zero-order valence-corrected chi connectivity index (χ0v) is 13.6. The fraction of sp³-hybridized carbons (Fsp3) is 0.200. The molecule has 0 aliphatic heterocycles. The smallest absolute Gasteiger partial charge is 0.172 e. The van der Waals surface area contributed by atoms with Crippen molar-refractivity contribution in [2.24, 2.45) is 0 Å². The van der Waals surface area contributed by atoms with Gasteiger partial charge in [-0.25, -0.2) is 0 Å². The summed E-state index contributed by atoms with van der Waals surface area (Å²) in [5, 5.41) is 37.3. The van der Waals surface area contributed by atoms with Crippen LogP contribution in [0.3, 0.4) is 0 Å². The lowest BCUT2D eigenvalue weighted by molar-refractivity contribution is 0.407. The van der Waals surface area contributed by atoms with Gasteiger partial charge < -0.3 is 4.74 Å². The summed E-state index contributed by atoms with van der Waals surface area (Å²) in [4.78, 5) is 0. The zero-order valence-electron chi connectivity index (χ0n) is 13.6. The molecular formula is C20H14N4O. The van der Waals surface area contributed by atoms with Gasteiger partial charge in [-0.3, -0.25) is 0 Å². The molecule has 0 saturated carbocycles. The summed E-state index contributed by atoms with van der Waals surface area (Å²) in [5.74, 6) is -0.259. The highest BCUT2D eigenvalue weighted by Gasteiger charge is 2.34. The largest absolute Gasteiger partial charge is 0.496 e. The van der Waals surface area contributed by atoms with Crippen LogP contribution in [0.1, 0.15) is 22.6 Å². The highest BCUT2D eigenvalue weighted by atomic mass is 16.5. The molecular weight excluding hydrogens is 312 g/mol. The van der Waals surface area contributed by atoms with Crippen molar-refractivity contribution in [3.8, 4) is 30.0 Å². The van der Waals surface area contributed by atoms with Gasteiger partial charge in [0.15, 0.2) is 11.3 Å². The molecule has 5 heteroatoms. The van der Waals surface area contributed by atoms with E-state index in [-0.39, 0.29) is 6.42 Å². The predicted molar refractivity (Wildman–Crippen MR) is 90.0 cm³/mol. The van der Waals surface area contributed by atoms with E-state index in [2.05, 4.69) is 12.1 Å². The molecule has 0 N–H and O–H groups in total. The summed E-state index contributed by atoms with van der Waals surface area (Å²) < 4.78 is 5.30. The van der Waals surface area contributed by atoms with Crippen LogP contribution in [0.4, 0.5) is 0 Å². The lowest BCUT2D eigenvalue weighted by Crippen LogP contribution is -2.25. The van der Waals surface area contributed by atoms with Gasteiger partial charge in [0.1, 0.15) is 5.75 Å². The lowest BCUT2D eigenvalue weighted by atomic mass is 9.77. The molecule has 0 atom stereocenters. The number of methoxy groups -OCH3 is 1. The van der Waals surface area contributed by atoms with Crippen molar-refractivity contribution in [1.82, 2.24) is 0 Å². The normalized spacial score (nSPS) is 10.2. The van der Waals surface area contributed by atoms with Crippen molar-refractivity contribution >= 4 is 0 Å². The summed E-state index contributed by atoms with van der Waals surface area (Å²) in [6.45, 7) is 0. The number of rotatable bonds is 5. The van der Waals surface area contributed by atoms with Gasteiger partial charge >= 0.3 is 0 Å². The van der Waals surface area contributed by atoms with Gasteiger partial charge in [0.2, 0.25) is 0 Å². The van der Waals surface area contributed by atoms with Crippen LogP contribution in [0, 0.1) is 45.3 Å². The first-order chi connectivity index (χ1) is 12.1. The Morgan fingerprint density at radius 1 is 0.920 bits per heavy atom. The Bertz CT molecular complexity index is 892. The van der Waals surface area contributed by atoms with Gasteiger partial charge in [0.25, 0.3) is 0 Å². The maximum Gasteiger partial charge on any atom is 0.172 e. The molecule has 0 aromatic heterocycles. The second-order valence-corrected chi connectivity index (χ2v) is 5.43. The number of nitriles is 4. The highest BCUT2D eigenvalue weighted by molar-refractivity contribution is 5.47. The summed E-state index contributed by atoms with van der Waals surface area (Å²) in [6.07, 6.45) is 0.170. The number of hydrogen-bond acceptors (Lipinski definition) is 5. The van der Waals surface area contributed by atoms with E-state index in [4.69, 9.17) is 15.3 Å². The van der Waals surface area contributed by atoms with Gasteiger partial charge in [-0.15, -0.1) is 0 Å². The van der Waals surface area contributed by atoms with Gasteiger partial charge in [-0.05, 0) is 22.8 Å². The zero-order chi connectivity index (χ0) is 18.3. The molecule has 0 radical (unpaired) electrons. The fourth-order valence-electron chi connectivity index (χ4n) is 2.61. The van der Waals surface area contributed by atoms with E-state index in [1.54, 1.807) is 30.3 Å². The Hall–Kier alpha value is -3.80. The average Bonchev–Trinajstić information content (AvgIpc) is 2.68. The topological polar surface area (TPSA) is 104 Å². The van der Waals surface area contributed by atoms with E-state index in [0.717, 1.165) is 5.56 Å². The minimum absolute atomic E-state index is 0.170. The number of para-hydroxylation sites is 1. The molecule has 0 aliphatic carbocycles. The first-order valence-electron chi connectivity index (χ1n) is 7.48. The van der Waals surface area contributed by atoms with Crippen LogP contribution in [-0.2, 0) is 11.8 Å². The summed E-state index contributed by atoms with van der Waals surface area (Å²) in [7, 11) is 1.54. The Kier molecular flexibility index (Phi) is 5.37. The van der Waals surface area contributed by atoms with Crippen molar-refractivity contribution in [2.45, 2.75) is 17.8 Å². The van der Waals surface area contributed by atoms with Crippen molar-refractivity contribution in [2.75, 3.05) is 7.11 Å². The molecule has 0 amide bonds. The molecule has 120 valence electrons. The SMILES string of the molecule is COc1ccccc1CC(C#N)(C#N)c1ccc(C(C#N)C#N)cc1. The van der Waals surface area contributed by atoms with Crippen LogP contribution in [0.25, 0.3) is 0 Å². The Morgan fingerprint density at radius 2 is 1.52 bits per heavy atom. The van der Waals surface area contributed by atoms with Crippen LogP contribution in [0.5, 0.6) is 5.75 Å². The second kappa shape index (κ2) is 7.65. The molecule has 2 aromatic rings. The number of ether oxygens (including phenoxy) is 1. The molecule has 25 heavy (non-hydrogen) atoms. The molecule has 2 aromatic carbocycles. The molecule has 0 spiro atoms. The third-order valence-electron chi connectivity index (χ3n) is 4.02. The summed E-state index contributed by atoms with van der Waals surface area (Å²) in [6, 6.07) is 21.7. The Labute approximate surface area is 146 Å². The average molecular weight is 326 g/mol. The summed E-state index contributed by atoms with van der Waals surface area (Å²) >= 11 is 0. The van der Waals surface area contributed by atoms with E-state index in [9.17, 15) is 10.5 Å². The van der Waals surface area contributed by atoms with E-state index in [1.165, 1.54) is 7.11 Å². The molecule has 0 saturated heterocycles. The molecule has 0 fully saturated rings. The van der Waals surface area contributed by atoms with E-state index in [1.807, 2.05) is 30.3 Å². The third kappa shape index (κ3) is 3.42. The maximum atomic E-state index is 9.71. The van der Waals surface area contributed by atoms with Crippen LogP contribution in [0.15, 0.2) is 48.5 Å². The second-order valence-electron chi connectivity index (χ2n) is 5.43. The van der Waals surface area contributed by atoms with Crippen molar-refractivity contribution in [3.05, 3.63) is 65.2 Å². The lowest BCUT2D eigenvalue weighted by Gasteiger charge is -2.21. The minimum atomic E-state index is -1.39. The molecule has 5 nitrogen and oxygen atoms in total. The van der Waals surface area contributed by atoms with Crippen LogP contribution < -0.4 is 4.74 Å². The number of nitrogens with zero attached hydrogens (tertiary/aromatic N) is 4. The Balaban J connectivity index is 2.45. The fourth-order valence-corrected chi connectivity index (χ4v) is 2.61. The number of benzene rings is 2. The van der Waals surface area contributed by atoms with Gasteiger partial charge in [-0.2, -0.15) is 21.0 Å². The monoisotopic (exact) mass is 326 g/mol. The first kappa shape index (κ1) is 17.6. The molecule has 0 bridgehead atoms. The molecule has 0 unspecified atom stereocenters. The minimum Gasteiger partial charge on any atom is -0.496 e. The van der Waals surface area contributed by atoms with Crippen LogP contribution in [0.2, 0.25) is 0 Å². The quantitative estimate of drug-likeness (QED) is 0.837. The van der Waals surface area contributed by atoms with Crippen molar-refractivity contribution in [3.63, 3.8) is 0 Å². The maximum absolute atomic E-state index is 9.71. The molecule has 2 rings (SSSR count). The standard InChI is InChI=1S/C20H14N4O/c1-25-19-5-3-2-4-16(19)10-20(13-23,14-24)18-8-6-15(7-9-18)17(11-21)12-22/h2-9,17H,10H2,1H3. The van der Waals surface area contributed by atoms with Gasteiger partial charge in [0, 0.05) is 6.42 Å².